The van der Waals surface area contributed by atoms with Crippen LogP contribution in [0.2, 0.25) is 5.02 Å². The van der Waals surface area contributed by atoms with Gasteiger partial charge in [0, 0.05) is 6.42 Å². The lowest BCUT2D eigenvalue weighted by Gasteiger charge is -2.29. The minimum Gasteiger partial charge on any atom is -0.462 e. The van der Waals surface area contributed by atoms with Crippen molar-refractivity contribution in [3.63, 3.8) is 0 Å². The van der Waals surface area contributed by atoms with Crippen molar-refractivity contribution >= 4 is 33.5 Å². The Kier molecular flexibility index (Phi) is 8.20. The molecule has 1 atom stereocenters. The zero-order valence-electron chi connectivity index (χ0n) is 16.7. The molecule has 0 saturated carbocycles. The number of hydrogen-bond acceptors (Lipinski definition) is 4. The number of rotatable bonds is 7. The van der Waals surface area contributed by atoms with E-state index < -0.39 is 17.7 Å². The van der Waals surface area contributed by atoms with Crippen molar-refractivity contribution in [2.24, 2.45) is 5.92 Å². The maximum Gasteiger partial charge on any atom is 0.309 e. The number of carbonyl (C=O) groups is 1. The van der Waals surface area contributed by atoms with E-state index in [0.29, 0.717) is 23.0 Å². The first-order valence-corrected chi connectivity index (χ1v) is 11.1. The summed E-state index contributed by atoms with van der Waals surface area (Å²) in [5, 5.41) is 0.0482. The fourth-order valence-corrected chi connectivity index (χ4v) is 4.12. The molecular formula is C22H24BrClF2N2O2. The lowest BCUT2D eigenvalue weighted by atomic mass is 9.97. The fraction of sp³-hybridized carbons (Fsp3) is 0.455. The van der Waals surface area contributed by atoms with E-state index in [-0.39, 0.29) is 29.0 Å². The monoisotopic (exact) mass is 500 g/mol. The summed E-state index contributed by atoms with van der Waals surface area (Å²) >= 11 is 9.11. The van der Waals surface area contributed by atoms with Crippen LogP contribution in [0.15, 0.2) is 34.9 Å². The average molecular weight is 502 g/mol. The third-order valence-electron chi connectivity index (χ3n) is 5.41. The second-order valence-electron chi connectivity index (χ2n) is 7.65. The van der Waals surface area contributed by atoms with E-state index in [9.17, 15) is 13.6 Å². The van der Waals surface area contributed by atoms with Crippen LogP contribution in [0, 0.1) is 17.6 Å². The Hall–Kier alpha value is -1.57. The minimum atomic E-state index is -0.619. The number of aryl methyl sites for hydroxylation is 1. The van der Waals surface area contributed by atoms with Gasteiger partial charge in [0.05, 0.1) is 16.6 Å². The van der Waals surface area contributed by atoms with E-state index in [0.717, 1.165) is 25.9 Å². The van der Waals surface area contributed by atoms with Gasteiger partial charge >= 0.3 is 5.97 Å². The zero-order valence-corrected chi connectivity index (χ0v) is 19.1. The third-order valence-corrected chi connectivity index (χ3v) is 6.14. The predicted octanol–water partition coefficient (Wildman–Crippen LogP) is 5.20. The fourth-order valence-electron chi connectivity index (χ4n) is 3.58. The normalized spacial score (nSPS) is 16.4. The molecule has 0 spiro atoms. The van der Waals surface area contributed by atoms with Crippen molar-refractivity contribution in [1.82, 2.24) is 9.88 Å². The van der Waals surface area contributed by atoms with Gasteiger partial charge in [-0.25, -0.2) is 13.8 Å². The number of likely N-dealkylation sites (tertiary alicyclic amines) is 1. The maximum absolute atomic E-state index is 14.3. The number of pyridine rings is 1. The van der Waals surface area contributed by atoms with Crippen molar-refractivity contribution in [1.29, 1.82) is 0 Å². The summed E-state index contributed by atoms with van der Waals surface area (Å²) in [5.74, 6) is -1.40. The SMILES string of the molecule is CN1CCC(C(=O)OC(CCc2cccc(Cl)c2F)Cc2nc(Br)ccc2F)CC1. The molecular weight excluding hydrogens is 478 g/mol. The molecule has 0 radical (unpaired) electrons. The molecule has 162 valence electrons. The van der Waals surface area contributed by atoms with Gasteiger partial charge in [0.2, 0.25) is 0 Å². The van der Waals surface area contributed by atoms with E-state index in [2.05, 4.69) is 25.8 Å². The lowest BCUT2D eigenvalue weighted by molar-refractivity contribution is -0.156. The Morgan fingerprint density at radius 1 is 1.30 bits per heavy atom. The highest BCUT2D eigenvalue weighted by molar-refractivity contribution is 9.10. The van der Waals surface area contributed by atoms with Crippen LogP contribution in [0.25, 0.3) is 0 Å². The molecule has 1 aromatic heterocycles. The summed E-state index contributed by atoms with van der Waals surface area (Å²) in [6.45, 7) is 1.67. The molecule has 1 aromatic carbocycles. The number of carbonyl (C=O) groups excluding carboxylic acids is 1. The van der Waals surface area contributed by atoms with Crippen LogP contribution in [-0.2, 0) is 22.4 Å². The number of nitrogens with zero attached hydrogens (tertiary/aromatic N) is 2. The third kappa shape index (κ3) is 6.22. The summed E-state index contributed by atoms with van der Waals surface area (Å²) in [4.78, 5) is 19.1. The van der Waals surface area contributed by atoms with Crippen LogP contribution in [0.5, 0.6) is 0 Å². The zero-order chi connectivity index (χ0) is 21.7. The molecule has 2 aromatic rings. The number of benzene rings is 1. The van der Waals surface area contributed by atoms with Crippen molar-refractivity contribution in [2.45, 2.75) is 38.2 Å². The molecule has 1 fully saturated rings. The van der Waals surface area contributed by atoms with E-state index in [4.69, 9.17) is 16.3 Å². The highest BCUT2D eigenvalue weighted by atomic mass is 79.9. The number of piperidine rings is 1. The summed E-state index contributed by atoms with van der Waals surface area (Å²) in [6, 6.07) is 7.64. The van der Waals surface area contributed by atoms with Gasteiger partial charge in [-0.05, 0) is 85.5 Å². The molecule has 0 bridgehead atoms. The first-order valence-electron chi connectivity index (χ1n) is 9.96. The molecule has 8 heteroatoms. The minimum absolute atomic E-state index is 0.0482. The van der Waals surface area contributed by atoms with Gasteiger partial charge in [-0.3, -0.25) is 4.79 Å². The van der Waals surface area contributed by atoms with Crippen molar-refractivity contribution in [2.75, 3.05) is 20.1 Å². The predicted molar refractivity (Wildman–Crippen MR) is 115 cm³/mol. The second-order valence-corrected chi connectivity index (χ2v) is 8.87. The highest BCUT2D eigenvalue weighted by Crippen LogP contribution is 2.24. The Balaban J connectivity index is 1.72. The number of hydrogen-bond donors (Lipinski definition) is 0. The first kappa shape index (κ1) is 23.1. The Morgan fingerprint density at radius 3 is 2.77 bits per heavy atom. The van der Waals surface area contributed by atoms with Crippen LogP contribution in [0.3, 0.4) is 0 Å². The van der Waals surface area contributed by atoms with E-state index in [1.165, 1.54) is 18.2 Å². The van der Waals surface area contributed by atoms with Crippen LogP contribution in [-0.4, -0.2) is 42.1 Å². The molecule has 1 aliphatic rings. The van der Waals surface area contributed by atoms with Gasteiger partial charge in [-0.2, -0.15) is 0 Å². The van der Waals surface area contributed by atoms with Gasteiger partial charge in [-0.15, -0.1) is 0 Å². The molecule has 1 unspecified atom stereocenters. The van der Waals surface area contributed by atoms with Gasteiger partial charge in [0.1, 0.15) is 22.3 Å². The van der Waals surface area contributed by atoms with E-state index in [1.807, 2.05) is 7.05 Å². The first-order chi connectivity index (χ1) is 14.3. The lowest BCUT2D eigenvalue weighted by Crippen LogP contribution is -2.36. The molecule has 4 nitrogen and oxygen atoms in total. The van der Waals surface area contributed by atoms with Gasteiger partial charge in [0.15, 0.2) is 0 Å². The number of esters is 1. The molecule has 2 heterocycles. The van der Waals surface area contributed by atoms with Crippen LogP contribution in [0.1, 0.15) is 30.5 Å². The standard InChI is InChI=1S/C22H24BrClF2N2O2/c1-28-11-9-15(10-12-28)22(29)30-16(13-19-18(25)7-8-20(23)27-19)6-5-14-3-2-4-17(24)21(14)26/h2-4,7-8,15-16H,5-6,9-13H2,1H3. The quantitative estimate of drug-likeness (QED) is 0.386. The van der Waals surface area contributed by atoms with Gasteiger partial charge in [0.25, 0.3) is 0 Å². The largest absolute Gasteiger partial charge is 0.462 e. The van der Waals surface area contributed by atoms with Crippen molar-refractivity contribution in [3.05, 3.63) is 62.8 Å². The Bertz CT molecular complexity index is 891. The molecule has 30 heavy (non-hydrogen) atoms. The average Bonchev–Trinajstić information content (AvgIpc) is 2.72. The second kappa shape index (κ2) is 10.6. The van der Waals surface area contributed by atoms with Crippen molar-refractivity contribution < 1.29 is 18.3 Å². The highest BCUT2D eigenvalue weighted by Gasteiger charge is 2.28. The number of halogens is 4. The van der Waals surface area contributed by atoms with Gasteiger partial charge in [-0.1, -0.05) is 23.7 Å². The smallest absolute Gasteiger partial charge is 0.309 e. The summed E-state index contributed by atoms with van der Waals surface area (Å²) < 4.78 is 34.8. The van der Waals surface area contributed by atoms with Gasteiger partial charge < -0.3 is 9.64 Å². The molecule has 3 rings (SSSR count). The molecule has 0 N–H and O–H groups in total. The van der Waals surface area contributed by atoms with Crippen LogP contribution < -0.4 is 0 Å². The van der Waals surface area contributed by atoms with Crippen LogP contribution >= 0.6 is 27.5 Å². The van der Waals surface area contributed by atoms with E-state index >= 15 is 0 Å². The summed E-state index contributed by atoms with van der Waals surface area (Å²) in [7, 11) is 2.02. The molecule has 0 amide bonds. The summed E-state index contributed by atoms with van der Waals surface area (Å²) in [6.07, 6.45) is 1.61. The molecule has 1 aliphatic heterocycles. The maximum atomic E-state index is 14.3. The topological polar surface area (TPSA) is 42.4 Å². The Morgan fingerprint density at radius 2 is 2.03 bits per heavy atom. The molecule has 1 saturated heterocycles. The number of aromatic nitrogens is 1. The Labute approximate surface area is 188 Å². The van der Waals surface area contributed by atoms with Crippen LogP contribution in [0.4, 0.5) is 8.78 Å². The van der Waals surface area contributed by atoms with Crippen molar-refractivity contribution in [3.8, 4) is 0 Å². The summed E-state index contributed by atoms with van der Waals surface area (Å²) in [5.41, 5.74) is 0.641. The van der Waals surface area contributed by atoms with E-state index in [1.54, 1.807) is 12.1 Å². The molecule has 0 aliphatic carbocycles. The number of ether oxygens (including phenoxy) is 1.